The molecule has 19 aromatic rings. The molecule has 20 rings (SSSR count). The van der Waals surface area contributed by atoms with E-state index < -0.39 is 53.8 Å². The molecule has 0 N–H and O–H groups in total. The fourth-order valence-electron chi connectivity index (χ4n) is 15.1. The van der Waals surface area contributed by atoms with Gasteiger partial charge in [-0.2, -0.15) is 0 Å². The van der Waals surface area contributed by atoms with Crippen molar-refractivity contribution in [3.05, 3.63) is 326 Å². The molecule has 434 valence electrons. The summed E-state index contributed by atoms with van der Waals surface area (Å²) < 4.78 is 160. The summed E-state index contributed by atoms with van der Waals surface area (Å²) in [5, 5.41) is 10.1. The second-order valence-corrected chi connectivity index (χ2v) is 24.4. The smallest absolute Gasteiger partial charge is 0.136 e. The molecule has 1 aliphatic carbocycles. The zero-order valence-corrected chi connectivity index (χ0v) is 50.1. The van der Waals surface area contributed by atoms with Gasteiger partial charge in [0.1, 0.15) is 22.3 Å². The van der Waals surface area contributed by atoms with Gasteiger partial charge < -0.3 is 8.83 Å². The Morgan fingerprint density at radius 1 is 0.247 bits per heavy atom. The highest BCUT2D eigenvalue weighted by atomic mass is 16.3. The summed E-state index contributed by atoms with van der Waals surface area (Å²) in [6.45, 7) is 4.34. The minimum absolute atomic E-state index is 0.170. The third kappa shape index (κ3) is 8.02. The van der Waals surface area contributed by atoms with Crippen LogP contribution < -0.4 is 0 Å². The van der Waals surface area contributed by atoms with E-state index in [4.69, 9.17) is 19.8 Å². The Bertz CT molecular complexity index is 7180. The van der Waals surface area contributed by atoms with Gasteiger partial charge in [0.2, 0.25) is 0 Å². The van der Waals surface area contributed by atoms with Gasteiger partial charge in [-0.15, -0.1) is 0 Å². The van der Waals surface area contributed by atoms with Crippen LogP contribution in [0.1, 0.15) is 46.9 Å². The lowest BCUT2D eigenvalue weighted by atomic mass is 9.80. The Morgan fingerprint density at radius 2 is 0.645 bits per heavy atom. The van der Waals surface area contributed by atoms with Crippen molar-refractivity contribution < 1.29 is 30.8 Å². The summed E-state index contributed by atoms with van der Waals surface area (Å²) in [6, 6.07) is 65.0. The van der Waals surface area contributed by atoms with Gasteiger partial charge >= 0.3 is 0 Å². The molecule has 0 spiro atoms. The van der Waals surface area contributed by atoms with Crippen molar-refractivity contribution in [1.29, 1.82) is 0 Å². The van der Waals surface area contributed by atoms with E-state index in [0.717, 1.165) is 76.5 Å². The highest BCUT2D eigenvalue weighted by molar-refractivity contribution is 6.31. The lowest BCUT2D eigenvalue weighted by Crippen LogP contribution is -2.15. The highest BCUT2D eigenvalue weighted by Gasteiger charge is 2.36. The van der Waals surface area contributed by atoms with Crippen molar-refractivity contribution in [2.24, 2.45) is 0 Å². The Balaban J connectivity index is 0.000000148. The van der Waals surface area contributed by atoms with Gasteiger partial charge in [0.05, 0.1) is 21.9 Å². The van der Waals surface area contributed by atoms with Crippen molar-refractivity contribution in [3.63, 3.8) is 0 Å². The zero-order valence-electron chi connectivity index (χ0n) is 66.1. The van der Waals surface area contributed by atoms with Crippen LogP contribution in [0, 0.1) is 0 Å². The molecule has 0 unspecified atom stereocenters. The second-order valence-electron chi connectivity index (χ2n) is 24.4. The number of fused-ring (bicyclic) bond motifs is 18. The molecule has 0 atom stereocenters. The SMILES string of the molecule is [2H]c1c([2H])c([2H])c2c(-c3cccc4oc5ccccc5c34)c3c([2H])c([2H])c([2H])c([2H])c3c(-c3cc4ccc5ccccc5c4c4ccccc34)c2c1[2H].[2H]c1c([2H])c([2H])c2c(-c3cccc4oc5ccccc5c34)c3c([2H])c([2H])c([2H])c([2H])c3c(-c3ccc4c(c3)C(C)(C)c3cc(-c5ccccc5)ccc3-4)c2c1[2H]. The molecule has 2 heterocycles. The van der Waals surface area contributed by atoms with E-state index in [9.17, 15) is 11.0 Å². The fourth-order valence-corrected chi connectivity index (χ4v) is 15.1. The van der Waals surface area contributed by atoms with Crippen LogP contribution in [0.25, 0.3) is 186 Å². The van der Waals surface area contributed by atoms with Crippen LogP contribution >= 0.6 is 0 Å². The van der Waals surface area contributed by atoms with Crippen molar-refractivity contribution in [2.75, 3.05) is 0 Å². The Kier molecular flexibility index (Phi) is 8.71. The predicted octanol–water partition coefficient (Wildman–Crippen LogP) is 25.9. The molecule has 0 amide bonds. The van der Waals surface area contributed by atoms with Gasteiger partial charge in [-0.1, -0.05) is 286 Å². The van der Waals surface area contributed by atoms with Gasteiger partial charge in [-0.3, -0.25) is 0 Å². The van der Waals surface area contributed by atoms with Crippen LogP contribution in [0.3, 0.4) is 0 Å². The molecule has 0 saturated heterocycles. The summed E-state index contributed by atoms with van der Waals surface area (Å²) in [4.78, 5) is 0. The molecule has 17 aromatic carbocycles. The minimum Gasteiger partial charge on any atom is -0.456 e. The van der Waals surface area contributed by atoms with Crippen molar-refractivity contribution >= 4 is 119 Å². The quantitative estimate of drug-likeness (QED) is 0.127. The van der Waals surface area contributed by atoms with Crippen LogP contribution in [-0.2, 0) is 5.41 Å². The van der Waals surface area contributed by atoms with Gasteiger partial charge in [-0.05, 0) is 196 Å². The third-order valence-corrected chi connectivity index (χ3v) is 19.2. The van der Waals surface area contributed by atoms with E-state index in [1.807, 2.05) is 164 Å². The second kappa shape index (κ2) is 20.6. The van der Waals surface area contributed by atoms with E-state index in [0.29, 0.717) is 77.6 Å². The third-order valence-electron chi connectivity index (χ3n) is 19.2. The first-order valence-corrected chi connectivity index (χ1v) is 31.0. The molecule has 93 heavy (non-hydrogen) atoms. The molecule has 2 nitrogen and oxygen atoms in total. The number of para-hydroxylation sites is 2. The molecule has 0 saturated carbocycles. The van der Waals surface area contributed by atoms with Crippen LogP contribution in [0.4, 0.5) is 0 Å². The van der Waals surface area contributed by atoms with Crippen LogP contribution in [0.15, 0.2) is 324 Å². The van der Waals surface area contributed by atoms with Gasteiger partial charge in [0, 0.05) is 27.0 Å². The first kappa shape index (κ1) is 39.3. The van der Waals surface area contributed by atoms with E-state index >= 15 is 0 Å². The van der Waals surface area contributed by atoms with Crippen molar-refractivity contribution in [3.8, 4) is 66.8 Å². The molecular weight excluding hydrogens is 1120 g/mol. The van der Waals surface area contributed by atoms with E-state index in [1.54, 1.807) is 12.1 Å². The molecule has 2 heteroatoms. The molecule has 0 bridgehead atoms. The van der Waals surface area contributed by atoms with Gasteiger partial charge in [0.25, 0.3) is 0 Å². The molecular formula is C91H58O2. The first-order valence-electron chi connectivity index (χ1n) is 39.0. The Hall–Kier alpha value is -11.8. The molecule has 2 aromatic heterocycles. The Labute approximate surface area is 559 Å². The number of hydrogen-bond acceptors (Lipinski definition) is 2. The summed E-state index contributed by atoms with van der Waals surface area (Å²) in [6.07, 6.45) is 0. The lowest BCUT2D eigenvalue weighted by molar-refractivity contribution is 0.661. The number of benzene rings is 17. The maximum atomic E-state index is 9.51. The van der Waals surface area contributed by atoms with Crippen molar-refractivity contribution in [2.45, 2.75) is 19.3 Å². The minimum atomic E-state index is -0.465. The topological polar surface area (TPSA) is 26.3 Å². The molecule has 0 fully saturated rings. The van der Waals surface area contributed by atoms with Crippen LogP contribution in [0.2, 0.25) is 0 Å². The highest BCUT2D eigenvalue weighted by Crippen LogP contribution is 2.54. The Morgan fingerprint density at radius 3 is 1.17 bits per heavy atom. The molecule has 0 aliphatic heterocycles. The summed E-state index contributed by atoms with van der Waals surface area (Å²) in [7, 11) is 0. The lowest BCUT2D eigenvalue weighted by Gasteiger charge is -2.23. The van der Waals surface area contributed by atoms with E-state index in [2.05, 4.69) is 56.3 Å². The summed E-state index contributed by atoms with van der Waals surface area (Å²) in [5.41, 5.74) is 11.9. The van der Waals surface area contributed by atoms with E-state index in [-0.39, 0.29) is 91.4 Å². The average Bonchev–Trinajstić information content (AvgIpc) is 1.09. The monoisotopic (exact) mass is 1200 g/mol. The maximum absolute atomic E-state index is 9.51. The van der Waals surface area contributed by atoms with Crippen molar-refractivity contribution in [1.82, 2.24) is 0 Å². The summed E-state index contributed by atoms with van der Waals surface area (Å²) in [5.74, 6) is 0. The molecule has 1 aliphatic rings. The number of rotatable bonds is 5. The zero-order chi connectivity index (χ0) is 75.4. The van der Waals surface area contributed by atoms with Gasteiger partial charge in [0.15, 0.2) is 0 Å². The van der Waals surface area contributed by atoms with Crippen LogP contribution in [0.5, 0.6) is 0 Å². The predicted molar refractivity (Wildman–Crippen MR) is 395 cm³/mol. The number of hydrogen-bond donors (Lipinski definition) is 0. The number of furan rings is 2. The fraction of sp³-hybridized carbons (Fsp3) is 0.0330. The van der Waals surface area contributed by atoms with Gasteiger partial charge in [-0.25, -0.2) is 0 Å². The standard InChI is InChI=1S/C47H32O.C44H26O/c1-47(2)40-27-30(29-13-4-3-5-14-29)23-25-32(40)33-26-24-31(28-41(33)47)44-34-15-6-8-17-36(34)45(37-18-9-7-16-35(37)44)39-20-12-22-43-46(39)38-19-10-11-21-42(38)48-43;1-2-13-29-27(12-1)24-25-28-26-38(30-14-3-4-15-31(30)41(28)29)43-34-18-7-5-16-32(34)42(33-17-6-8-19-35(33)43)37-21-11-23-40-44(37)36-20-9-10-22-39(36)45-40/h3-28H,1-2H3;1-26H/i6D,7D,8D,9D,15D,16D,17D,18D;5D,6D,7D,8D,16D,17D,18D,19D. The van der Waals surface area contributed by atoms with Crippen LogP contribution in [-0.4, -0.2) is 0 Å². The average molecular weight is 1200 g/mol. The largest absolute Gasteiger partial charge is 0.456 e. The molecule has 0 radical (unpaired) electrons. The summed E-state index contributed by atoms with van der Waals surface area (Å²) >= 11 is 0. The first-order chi connectivity index (χ1) is 52.6. The maximum Gasteiger partial charge on any atom is 0.136 e. The van der Waals surface area contributed by atoms with E-state index in [1.165, 1.54) is 0 Å². The normalized spacial score (nSPS) is 15.1.